The number of furan rings is 1. The molecule has 1 fully saturated rings. The lowest BCUT2D eigenvalue weighted by atomic mass is 9.97. The Kier molecular flexibility index (Phi) is 3.62. The molecular formula is C12H17NO3. The highest BCUT2D eigenvalue weighted by molar-refractivity contribution is 5.72. The smallest absolute Gasteiger partial charge is 0.308 e. The average Bonchev–Trinajstić information content (AvgIpc) is 2.82. The van der Waals surface area contributed by atoms with E-state index in [0.717, 1.165) is 32.5 Å². The van der Waals surface area contributed by atoms with Crippen molar-refractivity contribution in [2.75, 3.05) is 20.2 Å². The molecule has 0 saturated carbocycles. The molecule has 0 unspecified atom stereocenters. The summed E-state index contributed by atoms with van der Waals surface area (Å²) in [6.45, 7) is 2.81. The van der Waals surface area contributed by atoms with Gasteiger partial charge in [-0.3, -0.25) is 9.69 Å². The maximum atomic E-state index is 11.3. The van der Waals surface area contributed by atoms with E-state index < -0.39 is 0 Å². The van der Waals surface area contributed by atoms with Crippen molar-refractivity contribution in [2.45, 2.75) is 19.4 Å². The molecule has 2 rings (SSSR count). The zero-order chi connectivity index (χ0) is 11.4. The van der Waals surface area contributed by atoms with Crippen LogP contribution >= 0.6 is 0 Å². The van der Waals surface area contributed by atoms with Gasteiger partial charge in [0.15, 0.2) is 0 Å². The molecule has 1 aliphatic heterocycles. The van der Waals surface area contributed by atoms with Gasteiger partial charge in [0.25, 0.3) is 0 Å². The molecule has 1 aliphatic rings. The maximum Gasteiger partial charge on any atom is 0.308 e. The lowest BCUT2D eigenvalue weighted by Gasteiger charge is -2.30. The molecule has 2 heterocycles. The molecule has 0 radical (unpaired) electrons. The topological polar surface area (TPSA) is 42.7 Å². The lowest BCUT2D eigenvalue weighted by Crippen LogP contribution is -2.36. The van der Waals surface area contributed by atoms with Crippen LogP contribution in [-0.4, -0.2) is 31.1 Å². The van der Waals surface area contributed by atoms with Crippen LogP contribution in [0.2, 0.25) is 0 Å². The van der Waals surface area contributed by atoms with Crippen LogP contribution < -0.4 is 0 Å². The zero-order valence-corrected chi connectivity index (χ0v) is 9.52. The summed E-state index contributed by atoms with van der Waals surface area (Å²) in [6.07, 6.45) is 5.25. The van der Waals surface area contributed by atoms with E-state index in [-0.39, 0.29) is 11.9 Å². The molecule has 0 bridgehead atoms. The van der Waals surface area contributed by atoms with Crippen molar-refractivity contribution in [3.63, 3.8) is 0 Å². The summed E-state index contributed by atoms with van der Waals surface area (Å²) in [5.41, 5.74) is 1.19. The number of carbonyl (C=O) groups is 1. The normalized spacial score (nSPS) is 18.6. The highest BCUT2D eigenvalue weighted by atomic mass is 16.5. The van der Waals surface area contributed by atoms with Gasteiger partial charge in [-0.05, 0) is 32.0 Å². The predicted octanol–water partition coefficient (Wildman–Crippen LogP) is 1.66. The third-order valence-electron chi connectivity index (χ3n) is 3.11. The number of esters is 1. The van der Waals surface area contributed by atoms with Crippen LogP contribution in [0.3, 0.4) is 0 Å². The van der Waals surface area contributed by atoms with Gasteiger partial charge < -0.3 is 9.15 Å². The molecule has 1 aromatic heterocycles. The monoisotopic (exact) mass is 223 g/mol. The second-order valence-corrected chi connectivity index (χ2v) is 4.21. The number of methoxy groups -OCH3 is 1. The molecule has 0 amide bonds. The van der Waals surface area contributed by atoms with Crippen molar-refractivity contribution < 1.29 is 13.9 Å². The number of likely N-dealkylation sites (tertiary alicyclic amines) is 1. The lowest BCUT2D eigenvalue weighted by molar-refractivity contribution is -0.147. The van der Waals surface area contributed by atoms with Gasteiger partial charge in [0.1, 0.15) is 0 Å². The Morgan fingerprint density at radius 2 is 2.31 bits per heavy atom. The van der Waals surface area contributed by atoms with Crippen molar-refractivity contribution >= 4 is 5.97 Å². The minimum atomic E-state index is -0.0667. The van der Waals surface area contributed by atoms with Crippen molar-refractivity contribution in [3.05, 3.63) is 24.2 Å². The Bertz CT molecular complexity index is 326. The molecular weight excluding hydrogens is 206 g/mol. The molecule has 16 heavy (non-hydrogen) atoms. The van der Waals surface area contributed by atoms with Crippen LogP contribution in [0.4, 0.5) is 0 Å². The van der Waals surface area contributed by atoms with Crippen LogP contribution in [0.15, 0.2) is 23.0 Å². The quantitative estimate of drug-likeness (QED) is 0.731. The highest BCUT2D eigenvalue weighted by Crippen LogP contribution is 2.20. The van der Waals surface area contributed by atoms with Crippen molar-refractivity contribution in [1.29, 1.82) is 0 Å². The summed E-state index contributed by atoms with van der Waals surface area (Å²) in [5, 5.41) is 0. The summed E-state index contributed by atoms with van der Waals surface area (Å²) in [7, 11) is 1.46. The SMILES string of the molecule is COC(=O)C1CCN(Cc2ccoc2)CC1. The molecule has 0 aromatic carbocycles. The molecule has 4 nitrogen and oxygen atoms in total. The third-order valence-corrected chi connectivity index (χ3v) is 3.11. The van der Waals surface area contributed by atoms with Crippen LogP contribution in [0, 0.1) is 5.92 Å². The minimum Gasteiger partial charge on any atom is -0.472 e. The van der Waals surface area contributed by atoms with Gasteiger partial charge in [-0.25, -0.2) is 0 Å². The molecule has 0 spiro atoms. The number of rotatable bonds is 3. The summed E-state index contributed by atoms with van der Waals surface area (Å²) in [4.78, 5) is 13.7. The first-order valence-electron chi connectivity index (χ1n) is 5.61. The second-order valence-electron chi connectivity index (χ2n) is 4.21. The third kappa shape index (κ3) is 2.64. The molecule has 0 aliphatic carbocycles. The van der Waals surface area contributed by atoms with Gasteiger partial charge in [-0.2, -0.15) is 0 Å². The van der Waals surface area contributed by atoms with Gasteiger partial charge in [0, 0.05) is 12.1 Å². The number of nitrogens with zero attached hydrogens (tertiary/aromatic N) is 1. The molecule has 4 heteroatoms. The first-order valence-corrected chi connectivity index (χ1v) is 5.61. The van der Waals surface area contributed by atoms with Gasteiger partial charge in [-0.15, -0.1) is 0 Å². The highest BCUT2D eigenvalue weighted by Gasteiger charge is 2.25. The Morgan fingerprint density at radius 1 is 1.56 bits per heavy atom. The van der Waals surface area contributed by atoms with E-state index in [1.54, 1.807) is 12.5 Å². The van der Waals surface area contributed by atoms with E-state index in [9.17, 15) is 4.79 Å². The number of hydrogen-bond donors (Lipinski definition) is 0. The largest absolute Gasteiger partial charge is 0.472 e. The number of carbonyl (C=O) groups excluding carboxylic acids is 1. The van der Waals surface area contributed by atoms with E-state index >= 15 is 0 Å². The van der Waals surface area contributed by atoms with E-state index in [4.69, 9.17) is 9.15 Å². The average molecular weight is 223 g/mol. The Hall–Kier alpha value is -1.29. The summed E-state index contributed by atoms with van der Waals surface area (Å²) in [6, 6.07) is 1.98. The summed E-state index contributed by atoms with van der Waals surface area (Å²) < 4.78 is 9.79. The second kappa shape index (κ2) is 5.16. The van der Waals surface area contributed by atoms with Gasteiger partial charge >= 0.3 is 5.97 Å². The van der Waals surface area contributed by atoms with Crippen LogP contribution in [0.5, 0.6) is 0 Å². The maximum absolute atomic E-state index is 11.3. The van der Waals surface area contributed by atoms with E-state index in [1.807, 2.05) is 6.07 Å². The number of piperidine rings is 1. The summed E-state index contributed by atoms with van der Waals surface area (Å²) >= 11 is 0. The van der Waals surface area contributed by atoms with Gasteiger partial charge in [0.2, 0.25) is 0 Å². The molecule has 1 saturated heterocycles. The van der Waals surface area contributed by atoms with E-state index in [2.05, 4.69) is 4.90 Å². The van der Waals surface area contributed by atoms with Gasteiger partial charge in [-0.1, -0.05) is 0 Å². The number of hydrogen-bond acceptors (Lipinski definition) is 4. The van der Waals surface area contributed by atoms with E-state index in [0.29, 0.717) is 0 Å². The molecule has 0 N–H and O–H groups in total. The van der Waals surface area contributed by atoms with Gasteiger partial charge in [0.05, 0.1) is 25.6 Å². The zero-order valence-electron chi connectivity index (χ0n) is 9.52. The van der Waals surface area contributed by atoms with Crippen molar-refractivity contribution in [2.24, 2.45) is 5.92 Å². The van der Waals surface area contributed by atoms with Crippen LogP contribution in [-0.2, 0) is 16.1 Å². The van der Waals surface area contributed by atoms with Crippen LogP contribution in [0.25, 0.3) is 0 Å². The Morgan fingerprint density at radius 3 is 2.88 bits per heavy atom. The predicted molar refractivity (Wildman–Crippen MR) is 58.7 cm³/mol. The summed E-state index contributed by atoms with van der Waals surface area (Å²) in [5.74, 6) is 0.0218. The van der Waals surface area contributed by atoms with Crippen molar-refractivity contribution in [1.82, 2.24) is 4.90 Å². The molecule has 88 valence electrons. The molecule has 1 aromatic rings. The first-order chi connectivity index (χ1) is 7.79. The minimum absolute atomic E-state index is 0.0667. The Labute approximate surface area is 95.2 Å². The number of ether oxygens (including phenoxy) is 1. The standard InChI is InChI=1S/C12H17NO3/c1-15-12(14)11-2-5-13(6-3-11)8-10-4-7-16-9-10/h4,7,9,11H,2-3,5-6,8H2,1H3. The van der Waals surface area contributed by atoms with Crippen molar-refractivity contribution in [3.8, 4) is 0 Å². The first kappa shape index (κ1) is 11.2. The van der Waals surface area contributed by atoms with E-state index in [1.165, 1.54) is 12.7 Å². The fourth-order valence-electron chi connectivity index (χ4n) is 2.13. The fourth-order valence-corrected chi connectivity index (χ4v) is 2.13. The van der Waals surface area contributed by atoms with Crippen LogP contribution in [0.1, 0.15) is 18.4 Å². The molecule has 0 atom stereocenters. The fraction of sp³-hybridized carbons (Fsp3) is 0.583. The Balaban J connectivity index is 1.79.